The van der Waals surface area contributed by atoms with Gasteiger partial charge in [0, 0.05) is 12.6 Å². The summed E-state index contributed by atoms with van der Waals surface area (Å²) in [6, 6.07) is 6.31. The van der Waals surface area contributed by atoms with Crippen molar-refractivity contribution in [3.63, 3.8) is 0 Å². The summed E-state index contributed by atoms with van der Waals surface area (Å²) in [5.41, 5.74) is 1.15. The van der Waals surface area contributed by atoms with E-state index in [1.807, 2.05) is 0 Å². The van der Waals surface area contributed by atoms with Gasteiger partial charge in [-0.25, -0.2) is 18.5 Å². The molecule has 1 aromatic carbocycles. The Morgan fingerprint density at radius 3 is 2.57 bits per heavy atom. The maximum atomic E-state index is 11.8. The molecule has 2 heterocycles. The van der Waals surface area contributed by atoms with Crippen LogP contribution in [0.15, 0.2) is 29.2 Å². The summed E-state index contributed by atoms with van der Waals surface area (Å²) >= 11 is 5.85. The minimum absolute atomic E-state index is 0.0151. The van der Waals surface area contributed by atoms with E-state index in [1.54, 1.807) is 29.8 Å². The Bertz CT molecular complexity index is 1020. The maximum Gasteiger partial charge on any atom is 0.244 e. The lowest BCUT2D eigenvalue weighted by atomic mass is 10.2. The largest absolute Gasteiger partial charge is 0.479 e. The van der Waals surface area contributed by atoms with E-state index in [9.17, 15) is 8.42 Å². The number of nitrogens with zero attached hydrogens (tertiary/aromatic N) is 4. The number of hydrogen-bond acceptors (Lipinski definition) is 6. The standard InChI is InChI=1S/C13H12ClN5O3S/c1-19-9-10(17-13(14)18-12(9)22-2)16-11(19)7-5-3-4-6-8(7)23(15,20)21/h3-6H,1-2H3,(H2,15,20,21). The predicted molar refractivity (Wildman–Crippen MR) is 84.7 cm³/mol. The number of halogens is 1. The third kappa shape index (κ3) is 2.62. The molecular formula is C13H12ClN5O3S. The zero-order valence-corrected chi connectivity index (χ0v) is 13.8. The van der Waals surface area contributed by atoms with E-state index >= 15 is 0 Å². The van der Waals surface area contributed by atoms with Gasteiger partial charge in [-0.1, -0.05) is 12.1 Å². The number of aryl methyl sites for hydroxylation is 1. The van der Waals surface area contributed by atoms with Crippen LogP contribution in [0.2, 0.25) is 5.28 Å². The van der Waals surface area contributed by atoms with Gasteiger partial charge in [0.05, 0.1) is 12.0 Å². The van der Waals surface area contributed by atoms with Gasteiger partial charge in [-0.05, 0) is 23.7 Å². The molecule has 0 atom stereocenters. The number of imidazole rings is 1. The Morgan fingerprint density at radius 1 is 1.22 bits per heavy atom. The van der Waals surface area contributed by atoms with Crippen molar-refractivity contribution < 1.29 is 13.2 Å². The van der Waals surface area contributed by atoms with Crippen LogP contribution >= 0.6 is 11.6 Å². The van der Waals surface area contributed by atoms with Gasteiger partial charge in [-0.15, -0.1) is 0 Å². The second-order valence-corrected chi connectivity index (χ2v) is 6.58. The molecule has 2 N–H and O–H groups in total. The van der Waals surface area contributed by atoms with E-state index in [0.29, 0.717) is 22.6 Å². The minimum Gasteiger partial charge on any atom is -0.479 e. The van der Waals surface area contributed by atoms with E-state index in [4.69, 9.17) is 21.5 Å². The maximum absolute atomic E-state index is 11.8. The first-order valence-electron chi connectivity index (χ1n) is 6.39. The van der Waals surface area contributed by atoms with Crippen LogP contribution in [0.4, 0.5) is 0 Å². The van der Waals surface area contributed by atoms with Gasteiger partial charge in [0.25, 0.3) is 0 Å². The summed E-state index contributed by atoms with van der Waals surface area (Å²) in [5.74, 6) is 0.605. The Morgan fingerprint density at radius 2 is 1.91 bits per heavy atom. The molecule has 0 radical (unpaired) electrons. The number of sulfonamides is 1. The Kier molecular flexibility index (Phi) is 3.71. The molecule has 2 aromatic heterocycles. The molecule has 0 fully saturated rings. The molecule has 0 aliphatic rings. The van der Waals surface area contributed by atoms with Gasteiger partial charge >= 0.3 is 0 Å². The van der Waals surface area contributed by atoms with E-state index in [-0.39, 0.29) is 16.1 Å². The fraction of sp³-hybridized carbons (Fsp3) is 0.154. The number of nitrogens with two attached hydrogens (primary N) is 1. The molecule has 23 heavy (non-hydrogen) atoms. The second-order valence-electron chi connectivity index (χ2n) is 4.71. The number of methoxy groups -OCH3 is 1. The average Bonchev–Trinajstić information content (AvgIpc) is 2.82. The van der Waals surface area contributed by atoms with Gasteiger partial charge < -0.3 is 9.30 Å². The average molecular weight is 354 g/mol. The molecule has 0 unspecified atom stereocenters. The van der Waals surface area contributed by atoms with Gasteiger partial charge in [-0.3, -0.25) is 0 Å². The van der Waals surface area contributed by atoms with Crippen molar-refractivity contribution in [2.24, 2.45) is 12.2 Å². The van der Waals surface area contributed by atoms with Crippen molar-refractivity contribution in [3.05, 3.63) is 29.5 Å². The van der Waals surface area contributed by atoms with E-state index in [1.165, 1.54) is 13.2 Å². The highest BCUT2D eigenvalue weighted by atomic mass is 35.5. The van der Waals surface area contributed by atoms with Crippen LogP contribution < -0.4 is 9.88 Å². The number of rotatable bonds is 3. The van der Waals surface area contributed by atoms with E-state index in [2.05, 4.69) is 15.0 Å². The van der Waals surface area contributed by atoms with Crippen molar-refractivity contribution in [1.82, 2.24) is 19.5 Å². The van der Waals surface area contributed by atoms with Crippen LogP contribution in [0, 0.1) is 0 Å². The first-order valence-corrected chi connectivity index (χ1v) is 8.31. The molecule has 0 saturated carbocycles. The lowest BCUT2D eigenvalue weighted by Gasteiger charge is -2.08. The lowest BCUT2D eigenvalue weighted by Crippen LogP contribution is -2.14. The third-order valence-corrected chi connectivity index (χ3v) is 4.44. The topological polar surface area (TPSA) is 113 Å². The smallest absolute Gasteiger partial charge is 0.244 e. The molecule has 0 bridgehead atoms. The molecule has 0 amide bonds. The van der Waals surface area contributed by atoms with Crippen LogP contribution in [0.25, 0.3) is 22.6 Å². The Labute approximate surface area is 136 Å². The highest BCUT2D eigenvalue weighted by Gasteiger charge is 2.22. The summed E-state index contributed by atoms with van der Waals surface area (Å²) in [7, 11) is -0.760. The van der Waals surface area contributed by atoms with Gasteiger partial charge in [0.2, 0.25) is 21.2 Å². The van der Waals surface area contributed by atoms with Crippen LogP contribution in [0.3, 0.4) is 0 Å². The molecule has 0 saturated heterocycles. The van der Waals surface area contributed by atoms with Crippen molar-refractivity contribution in [2.45, 2.75) is 4.90 Å². The third-order valence-electron chi connectivity index (χ3n) is 3.30. The summed E-state index contributed by atoms with van der Waals surface area (Å²) in [6.45, 7) is 0. The zero-order valence-electron chi connectivity index (χ0n) is 12.2. The molecule has 0 aliphatic heterocycles. The van der Waals surface area contributed by atoms with E-state index < -0.39 is 10.0 Å². The fourth-order valence-electron chi connectivity index (χ4n) is 2.33. The zero-order chi connectivity index (χ0) is 16.8. The molecule has 0 spiro atoms. The first-order chi connectivity index (χ1) is 10.8. The summed E-state index contributed by atoms with van der Waals surface area (Å²) in [4.78, 5) is 12.4. The van der Waals surface area contributed by atoms with E-state index in [0.717, 1.165) is 0 Å². The number of fused-ring (bicyclic) bond motifs is 1. The second kappa shape index (κ2) is 5.44. The highest BCUT2D eigenvalue weighted by molar-refractivity contribution is 7.89. The fourth-order valence-corrected chi connectivity index (χ4v) is 3.22. The summed E-state index contributed by atoms with van der Waals surface area (Å²) in [5, 5.41) is 5.27. The van der Waals surface area contributed by atoms with Crippen molar-refractivity contribution >= 4 is 32.8 Å². The Balaban J connectivity index is 2.38. The van der Waals surface area contributed by atoms with Crippen LogP contribution in [-0.4, -0.2) is 35.0 Å². The Hall–Kier alpha value is -2.23. The van der Waals surface area contributed by atoms with Crippen LogP contribution in [-0.2, 0) is 17.1 Å². The molecular weight excluding hydrogens is 342 g/mol. The van der Waals surface area contributed by atoms with Crippen LogP contribution in [0.1, 0.15) is 0 Å². The molecule has 10 heteroatoms. The number of ether oxygens (including phenoxy) is 1. The number of hydrogen-bond donors (Lipinski definition) is 1. The first kappa shape index (κ1) is 15.7. The quantitative estimate of drug-likeness (QED) is 0.711. The molecule has 0 aliphatic carbocycles. The van der Waals surface area contributed by atoms with Crippen LogP contribution in [0.5, 0.6) is 5.88 Å². The van der Waals surface area contributed by atoms with Crippen molar-refractivity contribution in [3.8, 4) is 17.3 Å². The lowest BCUT2D eigenvalue weighted by molar-refractivity contribution is 0.401. The van der Waals surface area contributed by atoms with Gasteiger partial charge in [-0.2, -0.15) is 9.97 Å². The number of benzene rings is 1. The van der Waals surface area contributed by atoms with Crippen molar-refractivity contribution in [2.75, 3.05) is 7.11 Å². The van der Waals surface area contributed by atoms with Crippen molar-refractivity contribution in [1.29, 1.82) is 0 Å². The number of aromatic nitrogens is 4. The molecule has 3 aromatic rings. The molecule has 3 rings (SSSR count). The highest BCUT2D eigenvalue weighted by Crippen LogP contribution is 2.31. The molecule has 8 nitrogen and oxygen atoms in total. The normalized spacial score (nSPS) is 11.8. The minimum atomic E-state index is -3.91. The SMILES string of the molecule is COc1nc(Cl)nc2nc(-c3ccccc3S(N)(=O)=O)n(C)c12. The monoisotopic (exact) mass is 353 g/mol. The summed E-state index contributed by atoms with van der Waals surface area (Å²) in [6.07, 6.45) is 0. The predicted octanol–water partition coefficient (Wildman–Crippen LogP) is 1.34. The van der Waals surface area contributed by atoms with Gasteiger partial charge in [0.15, 0.2) is 11.2 Å². The number of primary sulfonamides is 1. The molecule has 120 valence electrons. The van der Waals surface area contributed by atoms with Gasteiger partial charge in [0.1, 0.15) is 5.82 Å². The summed E-state index contributed by atoms with van der Waals surface area (Å²) < 4.78 is 30.4.